The molecule has 2 aromatic carbocycles. The minimum atomic E-state index is -4.72. The number of guanidine groups is 1. The van der Waals surface area contributed by atoms with Crippen LogP contribution in [0, 0.1) is 0 Å². The van der Waals surface area contributed by atoms with Crippen LogP contribution >= 0.6 is 24.0 Å². The molecule has 0 aliphatic rings. The lowest BCUT2D eigenvalue weighted by Crippen LogP contribution is -2.25. The third-order valence-corrected chi connectivity index (χ3v) is 2.96. The summed E-state index contributed by atoms with van der Waals surface area (Å²) in [7, 11) is 0. The molecule has 2 rings (SSSR count). The molecule has 0 amide bonds. The number of hydrogen-bond donors (Lipinski definition) is 2. The Morgan fingerprint density at radius 3 is 2.27 bits per heavy atom. The fraction of sp³-hybridized carbons (Fsp3) is 0.235. The van der Waals surface area contributed by atoms with E-state index in [1.165, 1.54) is 24.3 Å². The highest BCUT2D eigenvalue weighted by Gasteiger charge is 2.30. The normalized spacial score (nSPS) is 12.7. The van der Waals surface area contributed by atoms with E-state index in [0.717, 1.165) is 5.75 Å². The second kappa shape index (κ2) is 10.1. The first-order valence-electron chi connectivity index (χ1n) is 7.46. The Bertz CT molecular complexity index is 695. The van der Waals surface area contributed by atoms with E-state index in [-0.39, 0.29) is 41.8 Å². The zero-order valence-corrected chi connectivity index (χ0v) is 16.2. The molecule has 0 saturated heterocycles. The van der Waals surface area contributed by atoms with E-state index in [9.17, 15) is 13.2 Å². The zero-order chi connectivity index (χ0) is 18.3. The molecule has 0 saturated carbocycles. The molecular formula is C17H19F3IN3O2. The maximum atomic E-state index is 12.1. The molecular weight excluding hydrogens is 462 g/mol. The van der Waals surface area contributed by atoms with Gasteiger partial charge in [0.2, 0.25) is 0 Å². The van der Waals surface area contributed by atoms with Crippen molar-refractivity contribution in [1.29, 1.82) is 0 Å². The maximum absolute atomic E-state index is 12.1. The molecule has 3 N–H and O–H groups in total. The van der Waals surface area contributed by atoms with Gasteiger partial charge in [-0.2, -0.15) is 0 Å². The molecule has 0 heterocycles. The summed E-state index contributed by atoms with van der Waals surface area (Å²) < 4.78 is 45.7. The first-order valence-corrected chi connectivity index (χ1v) is 7.46. The first-order chi connectivity index (χ1) is 11.8. The number of nitrogens with one attached hydrogen (secondary N) is 1. The van der Waals surface area contributed by atoms with E-state index in [1.54, 1.807) is 0 Å². The predicted molar refractivity (Wildman–Crippen MR) is 105 cm³/mol. The van der Waals surface area contributed by atoms with Crippen molar-refractivity contribution in [2.24, 2.45) is 10.7 Å². The lowest BCUT2D eigenvalue weighted by atomic mass is 10.3. The highest BCUT2D eigenvalue weighted by atomic mass is 127. The van der Waals surface area contributed by atoms with Crippen molar-refractivity contribution in [3.8, 4) is 11.5 Å². The second-order valence-corrected chi connectivity index (χ2v) is 5.16. The standard InChI is InChI=1S/C17H18F3N3O2.HI/c1-12(24-14-5-3-2-4-6-14)11-22-16(21)23-13-7-9-15(10-8-13)25-17(18,19)20;/h2-10,12H,11H2,1H3,(H3,21,22,23);1H. The summed E-state index contributed by atoms with van der Waals surface area (Å²) in [5.41, 5.74) is 6.25. The van der Waals surface area contributed by atoms with Gasteiger partial charge < -0.3 is 20.5 Å². The number of nitrogens with two attached hydrogens (primary N) is 1. The van der Waals surface area contributed by atoms with E-state index in [1.807, 2.05) is 37.3 Å². The molecule has 0 aliphatic carbocycles. The van der Waals surface area contributed by atoms with Gasteiger partial charge in [0.25, 0.3) is 0 Å². The Kier molecular flexibility index (Phi) is 8.49. The highest BCUT2D eigenvalue weighted by Crippen LogP contribution is 2.23. The molecule has 0 aromatic heterocycles. The molecule has 1 unspecified atom stereocenters. The van der Waals surface area contributed by atoms with E-state index in [0.29, 0.717) is 12.2 Å². The number of halogens is 4. The van der Waals surface area contributed by atoms with Gasteiger partial charge in [-0.3, -0.25) is 0 Å². The minimum Gasteiger partial charge on any atom is -0.489 e. The molecule has 0 radical (unpaired) electrons. The summed E-state index contributed by atoms with van der Waals surface area (Å²) in [6, 6.07) is 14.5. The fourth-order valence-electron chi connectivity index (χ4n) is 1.92. The summed E-state index contributed by atoms with van der Waals surface area (Å²) >= 11 is 0. The van der Waals surface area contributed by atoms with Crippen molar-refractivity contribution in [2.75, 3.05) is 11.9 Å². The van der Waals surface area contributed by atoms with Crippen molar-refractivity contribution >= 4 is 35.6 Å². The Hall–Kier alpha value is -2.17. The summed E-state index contributed by atoms with van der Waals surface area (Å²) in [5, 5.41) is 2.79. The predicted octanol–water partition coefficient (Wildman–Crippen LogP) is 4.40. The number of aliphatic imine (C=N–C) groups is 1. The third-order valence-electron chi connectivity index (χ3n) is 2.96. The molecule has 142 valence electrons. The Balaban J connectivity index is 0.00000338. The van der Waals surface area contributed by atoms with E-state index in [4.69, 9.17) is 10.5 Å². The maximum Gasteiger partial charge on any atom is 0.573 e. The second-order valence-electron chi connectivity index (χ2n) is 5.16. The highest BCUT2D eigenvalue weighted by molar-refractivity contribution is 14.0. The Morgan fingerprint density at radius 1 is 1.08 bits per heavy atom. The monoisotopic (exact) mass is 481 g/mol. The van der Waals surface area contributed by atoms with Gasteiger partial charge >= 0.3 is 6.36 Å². The van der Waals surface area contributed by atoms with Gasteiger partial charge in [-0.25, -0.2) is 4.99 Å². The molecule has 5 nitrogen and oxygen atoms in total. The van der Waals surface area contributed by atoms with Crippen molar-refractivity contribution < 1.29 is 22.6 Å². The molecule has 26 heavy (non-hydrogen) atoms. The number of benzene rings is 2. The van der Waals surface area contributed by atoms with Gasteiger partial charge in [0, 0.05) is 5.69 Å². The molecule has 0 aliphatic heterocycles. The van der Waals surface area contributed by atoms with Crippen molar-refractivity contribution in [3.05, 3.63) is 54.6 Å². The summed E-state index contributed by atoms with van der Waals surface area (Å²) in [6.07, 6.45) is -4.91. The smallest absolute Gasteiger partial charge is 0.489 e. The molecule has 0 fully saturated rings. The van der Waals surface area contributed by atoms with E-state index < -0.39 is 6.36 Å². The molecule has 0 bridgehead atoms. The average Bonchev–Trinajstić information content (AvgIpc) is 2.54. The Labute approximate surface area is 166 Å². The van der Waals surface area contributed by atoms with E-state index in [2.05, 4.69) is 15.0 Å². The van der Waals surface area contributed by atoms with Crippen LogP contribution in [0.1, 0.15) is 6.92 Å². The van der Waals surface area contributed by atoms with Crippen LogP contribution < -0.4 is 20.5 Å². The number of alkyl halides is 3. The van der Waals surface area contributed by atoms with Crippen LogP contribution in [-0.2, 0) is 0 Å². The number of ether oxygens (including phenoxy) is 2. The van der Waals surface area contributed by atoms with Gasteiger partial charge in [-0.1, -0.05) is 18.2 Å². The molecule has 9 heteroatoms. The lowest BCUT2D eigenvalue weighted by Gasteiger charge is -2.13. The van der Waals surface area contributed by atoms with Gasteiger partial charge in [-0.15, -0.1) is 37.1 Å². The van der Waals surface area contributed by atoms with Gasteiger partial charge in [-0.05, 0) is 43.3 Å². The lowest BCUT2D eigenvalue weighted by molar-refractivity contribution is -0.274. The third kappa shape index (κ3) is 8.28. The Morgan fingerprint density at radius 2 is 1.69 bits per heavy atom. The van der Waals surface area contributed by atoms with Crippen molar-refractivity contribution in [1.82, 2.24) is 0 Å². The van der Waals surface area contributed by atoms with Crippen molar-refractivity contribution in [2.45, 2.75) is 19.4 Å². The summed E-state index contributed by atoms with van der Waals surface area (Å²) in [6.45, 7) is 2.18. The summed E-state index contributed by atoms with van der Waals surface area (Å²) in [4.78, 5) is 4.14. The molecule has 2 aromatic rings. The van der Waals surface area contributed by atoms with E-state index >= 15 is 0 Å². The van der Waals surface area contributed by atoms with Crippen LogP contribution in [0.4, 0.5) is 18.9 Å². The SMILES string of the molecule is CC(CN=C(N)Nc1ccc(OC(F)(F)F)cc1)Oc1ccccc1.I. The quantitative estimate of drug-likeness (QED) is 0.365. The van der Waals surface area contributed by atoms with Gasteiger partial charge in [0.05, 0.1) is 6.54 Å². The molecule has 1 atom stereocenters. The average molecular weight is 481 g/mol. The van der Waals surface area contributed by atoms with Crippen LogP contribution in [0.5, 0.6) is 11.5 Å². The van der Waals surface area contributed by atoms with Crippen molar-refractivity contribution in [3.63, 3.8) is 0 Å². The van der Waals surface area contributed by atoms with Crippen LogP contribution in [0.25, 0.3) is 0 Å². The van der Waals surface area contributed by atoms with Gasteiger partial charge in [0.1, 0.15) is 17.6 Å². The van der Waals surface area contributed by atoms with Crippen LogP contribution in [-0.4, -0.2) is 25.0 Å². The van der Waals surface area contributed by atoms with Gasteiger partial charge in [0.15, 0.2) is 5.96 Å². The number of anilines is 1. The first kappa shape index (κ1) is 21.9. The number of rotatable bonds is 6. The largest absolute Gasteiger partial charge is 0.573 e. The minimum absolute atomic E-state index is 0. The number of hydrogen-bond acceptors (Lipinski definition) is 3. The fourth-order valence-corrected chi connectivity index (χ4v) is 1.92. The topological polar surface area (TPSA) is 68.9 Å². The van der Waals surface area contributed by atoms with Crippen LogP contribution in [0.15, 0.2) is 59.6 Å². The van der Waals surface area contributed by atoms with Crippen LogP contribution in [0.2, 0.25) is 0 Å². The number of para-hydroxylation sites is 1. The zero-order valence-electron chi connectivity index (χ0n) is 13.9. The summed E-state index contributed by atoms with van der Waals surface area (Å²) in [5.74, 6) is 0.559. The molecule has 0 spiro atoms. The number of nitrogens with zero attached hydrogens (tertiary/aromatic N) is 1. The van der Waals surface area contributed by atoms with Crippen LogP contribution in [0.3, 0.4) is 0 Å².